The highest BCUT2D eigenvalue weighted by molar-refractivity contribution is 9.10. The molecule has 2 N–H and O–H groups in total. The molecule has 5 heteroatoms. The Morgan fingerprint density at radius 1 is 1.62 bits per heavy atom. The van der Waals surface area contributed by atoms with E-state index in [0.717, 1.165) is 4.47 Å². The fourth-order valence-corrected chi connectivity index (χ4v) is 1.43. The van der Waals surface area contributed by atoms with Crippen LogP contribution in [0.25, 0.3) is 0 Å². The lowest BCUT2D eigenvalue weighted by Crippen LogP contribution is -2.38. The lowest BCUT2D eigenvalue weighted by molar-refractivity contribution is -0.0816. The molecule has 1 fully saturated rings. The first-order valence-corrected chi connectivity index (χ1v) is 4.70. The van der Waals surface area contributed by atoms with Crippen LogP contribution in [-0.4, -0.2) is 24.3 Å². The first kappa shape index (κ1) is 8.77. The van der Waals surface area contributed by atoms with Crippen LogP contribution < -0.4 is 10.5 Å². The van der Waals surface area contributed by atoms with Crippen LogP contribution in [0.5, 0.6) is 5.88 Å². The van der Waals surface area contributed by atoms with E-state index in [0.29, 0.717) is 24.8 Å². The monoisotopic (exact) mass is 244 g/mol. The molecule has 0 atom stereocenters. The van der Waals surface area contributed by atoms with Crippen molar-refractivity contribution >= 4 is 21.6 Å². The first-order valence-electron chi connectivity index (χ1n) is 3.91. The Morgan fingerprint density at radius 3 is 2.92 bits per heavy atom. The molecule has 70 valence electrons. The van der Waals surface area contributed by atoms with Gasteiger partial charge in [0.25, 0.3) is 0 Å². The molecule has 1 aromatic rings. The van der Waals surface area contributed by atoms with E-state index in [1.54, 1.807) is 12.3 Å². The standard InChI is InChI=1S/C8H9BrN2O2/c9-7-1-5(10)2-11-8(7)13-6-3-12-4-6/h1-2,6H,3-4,10H2. The molecule has 0 spiro atoms. The third-order valence-corrected chi connectivity index (χ3v) is 2.28. The number of hydrogen-bond acceptors (Lipinski definition) is 4. The Labute approximate surface area is 84.2 Å². The topological polar surface area (TPSA) is 57.4 Å². The molecular formula is C8H9BrN2O2. The van der Waals surface area contributed by atoms with Crippen molar-refractivity contribution in [3.05, 3.63) is 16.7 Å². The molecule has 4 nitrogen and oxygen atoms in total. The third kappa shape index (κ3) is 1.92. The third-order valence-electron chi connectivity index (χ3n) is 1.71. The normalized spacial score (nSPS) is 16.7. The van der Waals surface area contributed by atoms with E-state index in [-0.39, 0.29) is 6.10 Å². The Hall–Kier alpha value is -0.810. The van der Waals surface area contributed by atoms with Gasteiger partial charge in [0, 0.05) is 0 Å². The average Bonchev–Trinajstić information content (AvgIpc) is 1.99. The lowest BCUT2D eigenvalue weighted by atomic mass is 10.3. The quantitative estimate of drug-likeness (QED) is 0.850. The number of rotatable bonds is 2. The number of nitrogen functional groups attached to an aromatic ring is 1. The zero-order valence-corrected chi connectivity index (χ0v) is 8.45. The van der Waals surface area contributed by atoms with Crippen molar-refractivity contribution in [1.82, 2.24) is 4.98 Å². The molecule has 0 aliphatic carbocycles. The average molecular weight is 245 g/mol. The van der Waals surface area contributed by atoms with Crippen molar-refractivity contribution in [2.75, 3.05) is 18.9 Å². The van der Waals surface area contributed by atoms with Crippen LogP contribution in [0.15, 0.2) is 16.7 Å². The van der Waals surface area contributed by atoms with Crippen LogP contribution in [0.3, 0.4) is 0 Å². The highest BCUT2D eigenvalue weighted by Gasteiger charge is 2.21. The van der Waals surface area contributed by atoms with Crippen molar-refractivity contribution in [2.45, 2.75) is 6.10 Å². The van der Waals surface area contributed by atoms with Gasteiger partial charge in [0.05, 0.1) is 29.6 Å². The van der Waals surface area contributed by atoms with Crippen molar-refractivity contribution in [2.24, 2.45) is 0 Å². The Bertz CT molecular complexity index is 315. The molecule has 1 saturated heterocycles. The smallest absolute Gasteiger partial charge is 0.228 e. The molecule has 1 aromatic heterocycles. The number of nitrogens with zero attached hydrogens (tertiary/aromatic N) is 1. The number of ether oxygens (including phenoxy) is 2. The van der Waals surface area contributed by atoms with Gasteiger partial charge in [0.2, 0.25) is 5.88 Å². The van der Waals surface area contributed by atoms with E-state index in [2.05, 4.69) is 20.9 Å². The van der Waals surface area contributed by atoms with Crippen LogP contribution in [-0.2, 0) is 4.74 Å². The maximum absolute atomic E-state index is 5.53. The van der Waals surface area contributed by atoms with Crippen molar-refractivity contribution in [1.29, 1.82) is 0 Å². The van der Waals surface area contributed by atoms with Crippen LogP contribution in [0.4, 0.5) is 5.69 Å². The van der Waals surface area contributed by atoms with Crippen LogP contribution in [0, 0.1) is 0 Å². The highest BCUT2D eigenvalue weighted by atomic mass is 79.9. The van der Waals surface area contributed by atoms with Crippen molar-refractivity contribution in [3.8, 4) is 5.88 Å². The molecule has 0 bridgehead atoms. The summed E-state index contributed by atoms with van der Waals surface area (Å²) in [4.78, 5) is 4.05. The molecule has 13 heavy (non-hydrogen) atoms. The molecule has 2 rings (SSSR count). The number of anilines is 1. The lowest BCUT2D eigenvalue weighted by Gasteiger charge is -2.26. The van der Waals surface area contributed by atoms with Gasteiger partial charge in [0.15, 0.2) is 0 Å². The summed E-state index contributed by atoms with van der Waals surface area (Å²) in [7, 11) is 0. The Balaban J connectivity index is 2.10. The minimum atomic E-state index is 0.132. The number of halogens is 1. The number of nitrogens with two attached hydrogens (primary N) is 1. The molecule has 0 amide bonds. The van der Waals surface area contributed by atoms with Gasteiger partial charge in [-0.05, 0) is 22.0 Å². The summed E-state index contributed by atoms with van der Waals surface area (Å²) >= 11 is 3.32. The van der Waals surface area contributed by atoms with E-state index in [1.807, 2.05) is 0 Å². The first-order chi connectivity index (χ1) is 6.25. The Morgan fingerprint density at radius 2 is 2.38 bits per heavy atom. The minimum Gasteiger partial charge on any atom is -0.469 e. The van der Waals surface area contributed by atoms with E-state index in [4.69, 9.17) is 15.2 Å². The van der Waals surface area contributed by atoms with Gasteiger partial charge >= 0.3 is 0 Å². The summed E-state index contributed by atoms with van der Waals surface area (Å²) in [5.74, 6) is 0.572. The molecule has 0 unspecified atom stereocenters. The molecule has 1 aliphatic heterocycles. The van der Waals surface area contributed by atoms with E-state index >= 15 is 0 Å². The summed E-state index contributed by atoms with van der Waals surface area (Å²) in [5.41, 5.74) is 6.15. The molecule has 1 aliphatic rings. The summed E-state index contributed by atoms with van der Waals surface area (Å²) < 4.78 is 11.3. The van der Waals surface area contributed by atoms with Gasteiger partial charge < -0.3 is 15.2 Å². The predicted molar refractivity (Wildman–Crippen MR) is 51.6 cm³/mol. The summed E-state index contributed by atoms with van der Waals surface area (Å²) in [6.07, 6.45) is 1.70. The summed E-state index contributed by atoms with van der Waals surface area (Å²) in [6, 6.07) is 1.77. The highest BCUT2D eigenvalue weighted by Crippen LogP contribution is 2.25. The zero-order chi connectivity index (χ0) is 9.26. The van der Waals surface area contributed by atoms with E-state index in [1.165, 1.54) is 0 Å². The second kappa shape index (κ2) is 3.51. The van der Waals surface area contributed by atoms with Crippen LogP contribution in [0.1, 0.15) is 0 Å². The SMILES string of the molecule is Nc1cnc(OC2COC2)c(Br)c1. The number of pyridine rings is 1. The van der Waals surface area contributed by atoms with E-state index < -0.39 is 0 Å². The fraction of sp³-hybridized carbons (Fsp3) is 0.375. The van der Waals surface area contributed by atoms with Crippen LogP contribution >= 0.6 is 15.9 Å². The van der Waals surface area contributed by atoms with Crippen molar-refractivity contribution in [3.63, 3.8) is 0 Å². The maximum Gasteiger partial charge on any atom is 0.228 e. The molecule has 0 saturated carbocycles. The molecule has 0 aromatic carbocycles. The van der Waals surface area contributed by atoms with Crippen LogP contribution in [0.2, 0.25) is 0 Å². The number of aromatic nitrogens is 1. The fourth-order valence-electron chi connectivity index (χ4n) is 0.967. The Kier molecular flexibility index (Phi) is 2.37. The summed E-state index contributed by atoms with van der Waals surface area (Å²) in [5, 5.41) is 0. The van der Waals surface area contributed by atoms with Gasteiger partial charge in [-0.25, -0.2) is 4.98 Å². The molecular weight excluding hydrogens is 236 g/mol. The predicted octanol–water partition coefficient (Wildman–Crippen LogP) is 1.20. The van der Waals surface area contributed by atoms with Gasteiger partial charge in [-0.3, -0.25) is 0 Å². The van der Waals surface area contributed by atoms with E-state index in [9.17, 15) is 0 Å². The largest absolute Gasteiger partial charge is 0.469 e. The zero-order valence-electron chi connectivity index (χ0n) is 6.87. The summed E-state index contributed by atoms with van der Waals surface area (Å²) in [6.45, 7) is 1.27. The second-order valence-electron chi connectivity index (χ2n) is 2.83. The maximum atomic E-state index is 5.53. The van der Waals surface area contributed by atoms with Gasteiger partial charge in [-0.15, -0.1) is 0 Å². The molecule has 0 radical (unpaired) electrons. The second-order valence-corrected chi connectivity index (χ2v) is 3.69. The molecule has 2 heterocycles. The van der Waals surface area contributed by atoms with Gasteiger partial charge in [-0.1, -0.05) is 0 Å². The van der Waals surface area contributed by atoms with Gasteiger partial charge in [0.1, 0.15) is 6.10 Å². The van der Waals surface area contributed by atoms with Crippen molar-refractivity contribution < 1.29 is 9.47 Å². The minimum absolute atomic E-state index is 0.132. The van der Waals surface area contributed by atoms with Gasteiger partial charge in [-0.2, -0.15) is 0 Å². The number of hydrogen-bond donors (Lipinski definition) is 1.